The fourth-order valence-electron chi connectivity index (χ4n) is 0.832. The molecular formula is C8H6ClF2NO3. The van der Waals surface area contributed by atoms with Gasteiger partial charge in [-0.25, -0.2) is 18.6 Å². The molecule has 0 bridgehead atoms. The van der Waals surface area contributed by atoms with Gasteiger partial charge in [-0.05, 0) is 6.07 Å². The molecule has 0 radical (unpaired) electrons. The van der Waals surface area contributed by atoms with Crippen LogP contribution < -0.4 is 4.74 Å². The lowest BCUT2D eigenvalue weighted by molar-refractivity contribution is 0.0694. The Bertz CT molecular complexity index is 373. The molecule has 1 N–H and O–H groups in total. The minimum Gasteiger partial charge on any atom is -0.478 e. The number of rotatable bonds is 4. The van der Waals surface area contributed by atoms with Crippen molar-refractivity contribution in [1.29, 1.82) is 0 Å². The minimum atomic E-state index is -2.67. The van der Waals surface area contributed by atoms with Crippen molar-refractivity contribution in [2.24, 2.45) is 0 Å². The van der Waals surface area contributed by atoms with Gasteiger partial charge in [0.2, 0.25) is 5.88 Å². The Kier molecular flexibility index (Phi) is 3.79. The Morgan fingerprint density at radius 1 is 1.67 bits per heavy atom. The summed E-state index contributed by atoms with van der Waals surface area (Å²) in [5, 5.41) is 8.37. The average Bonchev–Trinajstić information content (AvgIpc) is 2.15. The lowest BCUT2D eigenvalue weighted by Crippen LogP contribution is -2.09. The number of hydrogen-bond acceptors (Lipinski definition) is 3. The third-order valence-electron chi connectivity index (χ3n) is 1.43. The van der Waals surface area contributed by atoms with Crippen molar-refractivity contribution < 1.29 is 23.4 Å². The highest BCUT2D eigenvalue weighted by Gasteiger charge is 2.15. The monoisotopic (exact) mass is 237 g/mol. The molecule has 15 heavy (non-hydrogen) atoms. The summed E-state index contributed by atoms with van der Waals surface area (Å²) in [6, 6.07) is 1.15. The van der Waals surface area contributed by atoms with E-state index in [2.05, 4.69) is 9.72 Å². The molecule has 1 rings (SSSR count). The molecule has 0 atom stereocenters. The van der Waals surface area contributed by atoms with E-state index in [1.807, 2.05) is 0 Å². The summed E-state index contributed by atoms with van der Waals surface area (Å²) < 4.78 is 28.1. The molecule has 7 heteroatoms. The Balaban J connectivity index is 2.89. The molecule has 0 aliphatic rings. The summed E-state index contributed by atoms with van der Waals surface area (Å²) in [6.45, 7) is -0.879. The molecule has 0 amide bonds. The molecule has 0 aromatic carbocycles. The predicted octanol–water partition coefficient (Wildman–Crippen LogP) is 2.08. The summed E-state index contributed by atoms with van der Waals surface area (Å²) in [5.41, 5.74) is -0.240. The predicted molar refractivity (Wildman–Crippen MR) is 47.7 cm³/mol. The third-order valence-corrected chi connectivity index (χ3v) is 1.80. The molecule has 0 unspecified atom stereocenters. The highest BCUT2D eigenvalue weighted by atomic mass is 35.5. The maximum atomic E-state index is 11.8. The molecule has 82 valence electrons. The van der Waals surface area contributed by atoms with Crippen LogP contribution in [0.4, 0.5) is 8.78 Å². The van der Waals surface area contributed by atoms with Gasteiger partial charge in [0, 0.05) is 6.20 Å². The number of alkyl halides is 2. The van der Waals surface area contributed by atoms with E-state index in [4.69, 9.17) is 16.7 Å². The number of aromatic nitrogens is 1. The summed E-state index contributed by atoms with van der Waals surface area (Å²) in [6.07, 6.45) is -1.55. The second-order valence-corrected chi connectivity index (χ2v) is 2.86. The third kappa shape index (κ3) is 3.02. The number of carboxylic acids is 1. The molecule has 0 saturated heterocycles. The fraction of sp³-hybridized carbons (Fsp3) is 0.250. The number of ether oxygens (including phenoxy) is 1. The number of carbonyl (C=O) groups is 1. The quantitative estimate of drug-likeness (QED) is 0.871. The first-order valence-electron chi connectivity index (χ1n) is 3.81. The zero-order chi connectivity index (χ0) is 11.4. The van der Waals surface area contributed by atoms with Gasteiger partial charge in [0.15, 0.2) is 6.61 Å². The maximum absolute atomic E-state index is 11.8. The molecule has 1 aromatic rings. The Morgan fingerprint density at radius 3 is 2.87 bits per heavy atom. The zero-order valence-electron chi connectivity index (χ0n) is 7.28. The van der Waals surface area contributed by atoms with Crippen LogP contribution >= 0.6 is 11.6 Å². The van der Waals surface area contributed by atoms with Gasteiger partial charge in [-0.2, -0.15) is 0 Å². The standard InChI is InChI=1S/C8H6ClF2NO3/c9-6-4(8(13)14)1-2-12-7(6)15-3-5(10)11/h1-2,5H,3H2,(H,13,14). The van der Waals surface area contributed by atoms with E-state index in [1.54, 1.807) is 0 Å². The fourth-order valence-corrected chi connectivity index (χ4v) is 1.08. The van der Waals surface area contributed by atoms with Crippen LogP contribution in [0.2, 0.25) is 5.02 Å². The van der Waals surface area contributed by atoms with Crippen molar-refractivity contribution in [1.82, 2.24) is 4.98 Å². The van der Waals surface area contributed by atoms with Crippen LogP contribution in [0, 0.1) is 0 Å². The largest absolute Gasteiger partial charge is 0.478 e. The molecule has 0 spiro atoms. The number of aromatic carboxylic acids is 1. The molecule has 0 fully saturated rings. The van der Waals surface area contributed by atoms with E-state index in [9.17, 15) is 13.6 Å². The van der Waals surface area contributed by atoms with E-state index in [1.165, 1.54) is 0 Å². The van der Waals surface area contributed by atoms with Gasteiger partial charge in [-0.3, -0.25) is 0 Å². The first-order chi connectivity index (χ1) is 7.02. The Labute approximate surface area is 88.4 Å². The van der Waals surface area contributed by atoms with Crippen LogP contribution in [0.15, 0.2) is 12.3 Å². The molecule has 0 saturated carbocycles. The molecule has 4 nitrogen and oxygen atoms in total. The van der Waals surface area contributed by atoms with Crippen molar-refractivity contribution in [2.75, 3.05) is 6.61 Å². The van der Waals surface area contributed by atoms with Gasteiger partial charge in [0.05, 0.1) is 5.56 Å². The van der Waals surface area contributed by atoms with Crippen LogP contribution in [0.1, 0.15) is 10.4 Å². The smallest absolute Gasteiger partial charge is 0.337 e. The van der Waals surface area contributed by atoms with Crippen LogP contribution in [0.3, 0.4) is 0 Å². The van der Waals surface area contributed by atoms with E-state index in [0.717, 1.165) is 12.3 Å². The Hall–Kier alpha value is -1.43. The van der Waals surface area contributed by atoms with E-state index < -0.39 is 19.0 Å². The SMILES string of the molecule is O=C(O)c1ccnc(OCC(F)F)c1Cl. The second-order valence-electron chi connectivity index (χ2n) is 2.48. The summed E-state index contributed by atoms with van der Waals surface area (Å²) in [5.74, 6) is -1.58. The normalized spacial score (nSPS) is 10.4. The van der Waals surface area contributed by atoms with Gasteiger partial charge in [-0.1, -0.05) is 11.6 Å². The minimum absolute atomic E-state index is 0.240. The van der Waals surface area contributed by atoms with E-state index >= 15 is 0 Å². The number of carboxylic acid groups (broad SMARTS) is 1. The van der Waals surface area contributed by atoms with Crippen molar-refractivity contribution in [2.45, 2.75) is 6.43 Å². The van der Waals surface area contributed by atoms with Crippen LogP contribution in [0.5, 0.6) is 5.88 Å². The number of halogens is 3. The number of pyridine rings is 1. The first kappa shape index (κ1) is 11.6. The highest BCUT2D eigenvalue weighted by molar-refractivity contribution is 6.34. The van der Waals surface area contributed by atoms with Crippen molar-refractivity contribution in [3.05, 3.63) is 22.8 Å². The zero-order valence-corrected chi connectivity index (χ0v) is 8.04. The van der Waals surface area contributed by atoms with Crippen LogP contribution in [-0.4, -0.2) is 29.1 Å². The molecule has 1 heterocycles. The van der Waals surface area contributed by atoms with Crippen molar-refractivity contribution >= 4 is 17.6 Å². The van der Waals surface area contributed by atoms with Crippen molar-refractivity contribution in [3.63, 3.8) is 0 Å². The van der Waals surface area contributed by atoms with Gasteiger partial charge >= 0.3 is 5.97 Å². The van der Waals surface area contributed by atoms with E-state index in [-0.39, 0.29) is 16.5 Å². The Morgan fingerprint density at radius 2 is 2.33 bits per heavy atom. The maximum Gasteiger partial charge on any atom is 0.337 e. The topological polar surface area (TPSA) is 59.4 Å². The highest BCUT2D eigenvalue weighted by Crippen LogP contribution is 2.25. The van der Waals surface area contributed by atoms with Gasteiger partial charge < -0.3 is 9.84 Å². The summed E-state index contributed by atoms with van der Waals surface area (Å²) in [7, 11) is 0. The summed E-state index contributed by atoms with van der Waals surface area (Å²) in [4.78, 5) is 14.1. The molecule has 0 aliphatic carbocycles. The van der Waals surface area contributed by atoms with Gasteiger partial charge in [0.25, 0.3) is 6.43 Å². The lowest BCUT2D eigenvalue weighted by atomic mass is 10.3. The van der Waals surface area contributed by atoms with Crippen molar-refractivity contribution in [3.8, 4) is 5.88 Å². The second kappa shape index (κ2) is 4.88. The first-order valence-corrected chi connectivity index (χ1v) is 4.19. The van der Waals surface area contributed by atoms with Crippen LogP contribution in [0.25, 0.3) is 0 Å². The van der Waals surface area contributed by atoms with E-state index in [0.29, 0.717) is 0 Å². The van der Waals surface area contributed by atoms with Crippen LogP contribution in [-0.2, 0) is 0 Å². The lowest BCUT2D eigenvalue weighted by Gasteiger charge is -2.07. The number of nitrogens with zero attached hydrogens (tertiary/aromatic N) is 1. The van der Waals surface area contributed by atoms with Gasteiger partial charge in [0.1, 0.15) is 5.02 Å². The molecule has 1 aromatic heterocycles. The number of hydrogen-bond donors (Lipinski definition) is 1. The molecular weight excluding hydrogens is 232 g/mol. The summed E-state index contributed by atoms with van der Waals surface area (Å²) >= 11 is 5.57. The average molecular weight is 238 g/mol. The molecule has 0 aliphatic heterocycles. The van der Waals surface area contributed by atoms with Gasteiger partial charge in [-0.15, -0.1) is 0 Å².